The molecule has 3 heterocycles. The lowest BCUT2D eigenvalue weighted by molar-refractivity contribution is -0.122. The third-order valence-corrected chi connectivity index (χ3v) is 6.81. The van der Waals surface area contributed by atoms with E-state index in [-0.39, 0.29) is 29.0 Å². The minimum Gasteiger partial charge on any atom is -0.324 e. The van der Waals surface area contributed by atoms with Crippen molar-refractivity contribution in [2.75, 3.05) is 10.2 Å². The van der Waals surface area contributed by atoms with E-state index in [1.165, 1.54) is 6.07 Å². The Kier molecular flexibility index (Phi) is 4.33. The molecule has 166 valence electrons. The minimum atomic E-state index is -1.60. The summed E-state index contributed by atoms with van der Waals surface area (Å²) in [6.07, 6.45) is 4.81. The van der Waals surface area contributed by atoms with Crippen LogP contribution in [0.5, 0.6) is 0 Å². The van der Waals surface area contributed by atoms with Crippen LogP contribution >= 0.6 is 0 Å². The average Bonchev–Trinajstić information content (AvgIpc) is 3.47. The number of ketones is 1. The van der Waals surface area contributed by atoms with Crippen molar-refractivity contribution in [3.63, 3.8) is 0 Å². The lowest BCUT2D eigenvalue weighted by Gasteiger charge is -2.44. The third kappa shape index (κ3) is 2.48. The van der Waals surface area contributed by atoms with Gasteiger partial charge in [-0.05, 0) is 43.2 Å². The maximum atomic E-state index is 15.2. The fourth-order valence-corrected chi connectivity index (χ4v) is 5.51. The van der Waals surface area contributed by atoms with E-state index in [2.05, 4.69) is 11.4 Å². The van der Waals surface area contributed by atoms with Gasteiger partial charge < -0.3 is 9.88 Å². The van der Waals surface area contributed by atoms with Crippen LogP contribution in [0.2, 0.25) is 0 Å². The number of nitrogens with one attached hydrogen (secondary N) is 1. The van der Waals surface area contributed by atoms with Crippen molar-refractivity contribution < 1.29 is 14.0 Å². The quantitative estimate of drug-likeness (QED) is 0.612. The number of benzene rings is 2. The summed E-state index contributed by atoms with van der Waals surface area (Å²) in [6, 6.07) is 19.3. The number of halogens is 1. The second-order valence-corrected chi connectivity index (χ2v) is 8.54. The second kappa shape index (κ2) is 7.29. The normalized spacial score (nSPS) is 21.5. The number of amides is 1. The van der Waals surface area contributed by atoms with Crippen LogP contribution in [-0.2, 0) is 15.0 Å². The predicted octanol–water partition coefficient (Wildman–Crippen LogP) is 4.74. The van der Waals surface area contributed by atoms with Crippen LogP contribution in [0, 0.1) is 17.1 Å². The van der Waals surface area contributed by atoms with Crippen LogP contribution in [-0.4, -0.2) is 16.3 Å². The van der Waals surface area contributed by atoms with Crippen molar-refractivity contribution >= 4 is 28.9 Å². The molecule has 1 aliphatic carbocycles. The van der Waals surface area contributed by atoms with E-state index >= 15 is 4.39 Å². The van der Waals surface area contributed by atoms with Crippen LogP contribution in [0.1, 0.15) is 24.8 Å². The molecule has 1 atom stereocenters. The van der Waals surface area contributed by atoms with E-state index < -0.39 is 17.1 Å². The smallest absolute Gasteiger partial charge is 0.245 e. The van der Waals surface area contributed by atoms with E-state index in [1.54, 1.807) is 76.5 Å². The summed E-state index contributed by atoms with van der Waals surface area (Å²) in [5, 5.41) is 13.5. The highest BCUT2D eigenvalue weighted by Gasteiger charge is 2.60. The summed E-state index contributed by atoms with van der Waals surface area (Å²) in [5.41, 5.74) is 0.659. The standard InChI is InChI=1S/C27H19FN4O2/c28-19-9-2-4-11-21(19)32-22-12-7-13-23(33)24(22)27(17-8-1-3-10-20(17)30-26(27)34)18(16-29)25(32)31-14-5-6-15-31/h1-6,8-11,14-15H,7,12-13H2,(H,30,34). The molecule has 1 N–H and O–H groups in total. The fraction of sp³-hybridized carbons (Fsp3) is 0.148. The van der Waals surface area contributed by atoms with Crippen molar-refractivity contribution in [2.24, 2.45) is 0 Å². The number of rotatable bonds is 2. The van der Waals surface area contributed by atoms with E-state index in [4.69, 9.17) is 0 Å². The Hall–Kier alpha value is -4.44. The van der Waals surface area contributed by atoms with Gasteiger partial charge in [0.15, 0.2) is 5.78 Å². The van der Waals surface area contributed by atoms with Crippen molar-refractivity contribution in [3.8, 4) is 6.07 Å². The molecule has 2 aromatic carbocycles. The molecule has 3 aromatic rings. The fourth-order valence-electron chi connectivity index (χ4n) is 5.51. The van der Waals surface area contributed by atoms with Crippen molar-refractivity contribution in [1.82, 2.24) is 4.57 Å². The summed E-state index contributed by atoms with van der Waals surface area (Å²) >= 11 is 0. The molecule has 1 amide bonds. The molecule has 1 aromatic heterocycles. The SMILES string of the molecule is N#CC1=C(n2cccc2)N(c2ccccc2F)C2=C(C(=O)CCC2)C12C(=O)Nc1ccccc12. The zero-order valence-electron chi connectivity index (χ0n) is 18.1. The number of hydrogen-bond donors (Lipinski definition) is 1. The highest BCUT2D eigenvalue weighted by molar-refractivity contribution is 6.21. The van der Waals surface area contributed by atoms with Gasteiger partial charge >= 0.3 is 0 Å². The van der Waals surface area contributed by atoms with Gasteiger partial charge in [0, 0.05) is 41.3 Å². The summed E-state index contributed by atoms with van der Waals surface area (Å²) in [6.45, 7) is 0. The van der Waals surface area contributed by atoms with Crippen LogP contribution in [0.15, 0.2) is 89.9 Å². The molecule has 1 spiro atoms. The number of para-hydroxylation sites is 2. The van der Waals surface area contributed by atoms with Gasteiger partial charge in [0.05, 0.1) is 11.3 Å². The Balaban J connectivity index is 1.80. The first-order valence-corrected chi connectivity index (χ1v) is 11.1. The molecule has 3 aliphatic rings. The van der Waals surface area contributed by atoms with Crippen LogP contribution in [0.4, 0.5) is 15.8 Å². The third-order valence-electron chi connectivity index (χ3n) is 6.81. The summed E-state index contributed by atoms with van der Waals surface area (Å²) in [5.74, 6) is -0.779. The van der Waals surface area contributed by atoms with Crippen molar-refractivity contribution in [1.29, 1.82) is 5.26 Å². The Morgan fingerprint density at radius 1 is 0.971 bits per heavy atom. The van der Waals surface area contributed by atoms with Gasteiger partial charge in [-0.15, -0.1) is 0 Å². The molecule has 0 bridgehead atoms. The molecule has 7 heteroatoms. The number of Topliss-reactive ketones (excluding diaryl/α,β-unsaturated/α-hetero) is 1. The Morgan fingerprint density at radius 3 is 2.47 bits per heavy atom. The molecule has 6 nitrogen and oxygen atoms in total. The first kappa shape index (κ1) is 20.2. The number of carbonyl (C=O) groups is 2. The number of nitriles is 1. The molecule has 0 saturated carbocycles. The highest BCUT2D eigenvalue weighted by Crippen LogP contribution is 2.56. The van der Waals surface area contributed by atoms with Crippen LogP contribution in [0.25, 0.3) is 5.82 Å². The lowest BCUT2D eigenvalue weighted by Crippen LogP contribution is -2.49. The Bertz CT molecular complexity index is 1480. The Labute approximate surface area is 195 Å². The van der Waals surface area contributed by atoms with E-state index in [1.807, 2.05) is 0 Å². The van der Waals surface area contributed by atoms with Crippen LogP contribution < -0.4 is 10.2 Å². The summed E-state index contributed by atoms with van der Waals surface area (Å²) in [4.78, 5) is 29.0. The number of allylic oxidation sites excluding steroid dienone is 1. The molecular formula is C27H19FN4O2. The highest BCUT2D eigenvalue weighted by atomic mass is 19.1. The molecule has 0 radical (unpaired) electrons. The monoisotopic (exact) mass is 450 g/mol. The molecular weight excluding hydrogens is 431 g/mol. The van der Waals surface area contributed by atoms with Crippen LogP contribution in [0.3, 0.4) is 0 Å². The molecule has 0 saturated heterocycles. The number of nitrogens with zero attached hydrogens (tertiary/aromatic N) is 3. The topological polar surface area (TPSA) is 78.1 Å². The average molecular weight is 450 g/mol. The van der Waals surface area contributed by atoms with Gasteiger partial charge in [-0.3, -0.25) is 14.5 Å². The number of hydrogen-bond acceptors (Lipinski definition) is 4. The largest absolute Gasteiger partial charge is 0.324 e. The first-order chi connectivity index (χ1) is 16.6. The van der Waals surface area contributed by atoms with Gasteiger partial charge in [-0.25, -0.2) is 4.39 Å². The first-order valence-electron chi connectivity index (χ1n) is 11.1. The van der Waals surface area contributed by atoms with Gasteiger partial charge in [0.1, 0.15) is 23.1 Å². The maximum Gasteiger partial charge on any atom is 0.245 e. The van der Waals surface area contributed by atoms with Gasteiger partial charge in [-0.1, -0.05) is 30.3 Å². The van der Waals surface area contributed by atoms with Crippen molar-refractivity contribution in [3.05, 3.63) is 101 Å². The summed E-state index contributed by atoms with van der Waals surface area (Å²) in [7, 11) is 0. The number of aromatic nitrogens is 1. The van der Waals surface area contributed by atoms with Gasteiger partial charge in [0.25, 0.3) is 0 Å². The molecule has 0 fully saturated rings. The maximum absolute atomic E-state index is 15.2. The van der Waals surface area contributed by atoms with Gasteiger partial charge in [-0.2, -0.15) is 5.26 Å². The number of fused-ring (bicyclic) bond motifs is 3. The zero-order chi connectivity index (χ0) is 23.4. The molecule has 1 unspecified atom stereocenters. The number of carbonyl (C=O) groups excluding carboxylic acids is 2. The van der Waals surface area contributed by atoms with E-state index in [0.29, 0.717) is 35.6 Å². The predicted molar refractivity (Wildman–Crippen MR) is 125 cm³/mol. The molecule has 34 heavy (non-hydrogen) atoms. The summed E-state index contributed by atoms with van der Waals surface area (Å²) < 4.78 is 16.9. The van der Waals surface area contributed by atoms with E-state index in [0.717, 1.165) is 0 Å². The number of anilines is 2. The lowest BCUT2D eigenvalue weighted by atomic mass is 9.63. The molecule has 6 rings (SSSR count). The second-order valence-electron chi connectivity index (χ2n) is 8.54. The van der Waals surface area contributed by atoms with Crippen molar-refractivity contribution in [2.45, 2.75) is 24.7 Å². The Morgan fingerprint density at radius 2 is 1.71 bits per heavy atom. The van der Waals surface area contributed by atoms with Gasteiger partial charge in [0.2, 0.25) is 5.91 Å². The van der Waals surface area contributed by atoms with E-state index in [9.17, 15) is 14.9 Å². The molecule has 2 aliphatic heterocycles. The minimum absolute atomic E-state index is 0.0865. The zero-order valence-corrected chi connectivity index (χ0v) is 18.1.